The van der Waals surface area contributed by atoms with Crippen molar-refractivity contribution in [1.29, 1.82) is 0 Å². The summed E-state index contributed by atoms with van der Waals surface area (Å²) in [5, 5.41) is 5.40. The van der Waals surface area contributed by atoms with Gasteiger partial charge in [0.1, 0.15) is 11.5 Å². The van der Waals surface area contributed by atoms with Crippen LogP contribution in [-0.4, -0.2) is 23.5 Å². The normalized spacial score (nSPS) is 11.0. The molecule has 0 atom stereocenters. The summed E-state index contributed by atoms with van der Waals surface area (Å²) in [6.07, 6.45) is 1.30. The zero-order valence-corrected chi connectivity index (χ0v) is 24.3. The lowest BCUT2D eigenvalue weighted by Gasteiger charge is -2.23. The maximum absolute atomic E-state index is 14.5. The first-order valence-electron chi connectivity index (χ1n) is 13.8. The SMILES string of the molecule is O=C(Nc1cccc(SCC(=O)N(c2ccccc2)c2ccccc2)c1)/C(=C\c1ccccc1F)NC(=O)c1ccccc1. The van der Waals surface area contributed by atoms with Crippen LogP contribution >= 0.6 is 11.8 Å². The average molecular weight is 602 g/mol. The second kappa shape index (κ2) is 14.6. The predicted molar refractivity (Wildman–Crippen MR) is 174 cm³/mol. The number of rotatable bonds is 10. The van der Waals surface area contributed by atoms with Crippen LogP contribution in [0.2, 0.25) is 0 Å². The van der Waals surface area contributed by atoms with Crippen molar-refractivity contribution < 1.29 is 18.8 Å². The van der Waals surface area contributed by atoms with Crippen LogP contribution in [0.5, 0.6) is 0 Å². The Bertz CT molecular complexity index is 1740. The maximum atomic E-state index is 14.5. The molecule has 44 heavy (non-hydrogen) atoms. The van der Waals surface area contributed by atoms with Gasteiger partial charge in [-0.1, -0.05) is 78.9 Å². The molecule has 8 heteroatoms. The number of amides is 3. The summed E-state index contributed by atoms with van der Waals surface area (Å²) in [7, 11) is 0. The average Bonchev–Trinajstić information content (AvgIpc) is 3.06. The topological polar surface area (TPSA) is 78.5 Å². The molecule has 0 fully saturated rings. The number of carbonyl (C=O) groups is 3. The number of hydrogen-bond donors (Lipinski definition) is 2. The molecule has 0 aromatic heterocycles. The molecule has 5 rings (SSSR count). The van der Waals surface area contributed by atoms with E-state index in [0.29, 0.717) is 11.3 Å². The molecule has 5 aromatic rings. The number of thioether (sulfide) groups is 1. The minimum absolute atomic E-state index is 0.111. The Morgan fingerprint density at radius 2 is 1.30 bits per heavy atom. The number of benzene rings is 5. The van der Waals surface area contributed by atoms with Crippen LogP contribution in [0.25, 0.3) is 6.08 Å². The van der Waals surface area contributed by atoms with Crippen molar-refractivity contribution in [1.82, 2.24) is 5.32 Å². The molecule has 0 radical (unpaired) electrons. The van der Waals surface area contributed by atoms with Gasteiger partial charge in [-0.25, -0.2) is 4.39 Å². The zero-order chi connectivity index (χ0) is 30.7. The molecule has 0 saturated carbocycles. The molecule has 5 aromatic carbocycles. The molecule has 0 unspecified atom stereocenters. The smallest absolute Gasteiger partial charge is 0.272 e. The summed E-state index contributed by atoms with van der Waals surface area (Å²) in [5.41, 5.74) is 2.34. The van der Waals surface area contributed by atoms with Gasteiger partial charge >= 0.3 is 0 Å². The highest BCUT2D eigenvalue weighted by molar-refractivity contribution is 8.00. The summed E-state index contributed by atoms with van der Waals surface area (Å²) in [4.78, 5) is 42.2. The number of nitrogens with zero attached hydrogens (tertiary/aromatic N) is 1. The van der Waals surface area contributed by atoms with Gasteiger partial charge in [0.15, 0.2) is 0 Å². The van der Waals surface area contributed by atoms with E-state index < -0.39 is 17.6 Å². The molecule has 6 nitrogen and oxygen atoms in total. The molecule has 218 valence electrons. The number of halogens is 1. The molecule has 0 aliphatic carbocycles. The largest absolute Gasteiger partial charge is 0.321 e. The lowest BCUT2D eigenvalue weighted by atomic mass is 10.1. The molecule has 0 heterocycles. The van der Waals surface area contributed by atoms with E-state index in [2.05, 4.69) is 10.6 Å². The van der Waals surface area contributed by atoms with Crippen molar-refractivity contribution in [2.45, 2.75) is 4.90 Å². The van der Waals surface area contributed by atoms with Gasteiger partial charge in [0.05, 0.1) is 5.75 Å². The van der Waals surface area contributed by atoms with E-state index in [4.69, 9.17) is 0 Å². The predicted octanol–water partition coefficient (Wildman–Crippen LogP) is 7.69. The van der Waals surface area contributed by atoms with E-state index in [1.54, 1.807) is 65.6 Å². The molecule has 2 N–H and O–H groups in total. The molecule has 3 amide bonds. The van der Waals surface area contributed by atoms with Crippen molar-refractivity contribution in [2.75, 3.05) is 16.0 Å². The number of para-hydroxylation sites is 2. The van der Waals surface area contributed by atoms with Gasteiger partial charge in [-0.05, 0) is 66.7 Å². The Labute approximate surface area is 259 Å². The number of hydrogen-bond acceptors (Lipinski definition) is 4. The van der Waals surface area contributed by atoms with E-state index in [-0.39, 0.29) is 22.9 Å². The molecular weight excluding hydrogens is 573 g/mol. The third-order valence-corrected chi connectivity index (χ3v) is 7.44. The number of nitrogens with one attached hydrogen (secondary N) is 2. The van der Waals surface area contributed by atoms with E-state index in [1.807, 2.05) is 66.7 Å². The van der Waals surface area contributed by atoms with Crippen LogP contribution in [0, 0.1) is 5.82 Å². The fourth-order valence-corrected chi connectivity index (χ4v) is 5.16. The lowest BCUT2D eigenvalue weighted by molar-refractivity contribution is -0.115. The van der Waals surface area contributed by atoms with Crippen molar-refractivity contribution in [3.8, 4) is 0 Å². The van der Waals surface area contributed by atoms with Gasteiger partial charge in [0, 0.05) is 33.1 Å². The van der Waals surface area contributed by atoms with Crippen LogP contribution < -0.4 is 15.5 Å². The second-order valence-electron chi connectivity index (χ2n) is 9.57. The quantitative estimate of drug-likeness (QED) is 0.127. The van der Waals surface area contributed by atoms with Gasteiger partial charge in [-0.2, -0.15) is 0 Å². The summed E-state index contributed by atoms with van der Waals surface area (Å²) >= 11 is 1.33. The Kier molecular flexibility index (Phi) is 9.97. The van der Waals surface area contributed by atoms with Crippen LogP contribution in [0.4, 0.5) is 21.5 Å². The Morgan fingerprint density at radius 1 is 0.705 bits per heavy atom. The van der Waals surface area contributed by atoms with Gasteiger partial charge in [0.2, 0.25) is 5.91 Å². The molecule has 0 saturated heterocycles. The standard InChI is InChI=1S/C36H28FN3O3S/c37-32-22-11-10-15-27(32)23-33(39-35(42)26-13-4-1-5-14-26)36(43)38-28-16-12-21-31(24-28)44-25-34(41)40(29-17-6-2-7-18-29)30-19-8-3-9-20-30/h1-24H,25H2,(H,38,43)(H,39,42)/b33-23+. The van der Waals surface area contributed by atoms with Gasteiger partial charge in [-0.3, -0.25) is 19.3 Å². The third kappa shape index (κ3) is 7.87. The fraction of sp³-hybridized carbons (Fsp3) is 0.0278. The van der Waals surface area contributed by atoms with Gasteiger partial charge in [0.25, 0.3) is 11.8 Å². The summed E-state index contributed by atoms with van der Waals surface area (Å²) < 4.78 is 14.5. The van der Waals surface area contributed by atoms with Crippen molar-refractivity contribution in [3.63, 3.8) is 0 Å². The van der Waals surface area contributed by atoms with Crippen molar-refractivity contribution >= 4 is 52.6 Å². The van der Waals surface area contributed by atoms with Crippen LogP contribution in [0.1, 0.15) is 15.9 Å². The highest BCUT2D eigenvalue weighted by atomic mass is 32.2. The Balaban J connectivity index is 1.32. The second-order valence-corrected chi connectivity index (χ2v) is 10.6. The van der Waals surface area contributed by atoms with Gasteiger partial charge < -0.3 is 10.6 Å². The van der Waals surface area contributed by atoms with E-state index >= 15 is 0 Å². The van der Waals surface area contributed by atoms with Crippen LogP contribution in [0.15, 0.2) is 150 Å². The maximum Gasteiger partial charge on any atom is 0.272 e. The highest BCUT2D eigenvalue weighted by Crippen LogP contribution is 2.28. The lowest BCUT2D eigenvalue weighted by Crippen LogP contribution is -2.30. The molecule has 0 aliphatic heterocycles. The third-order valence-electron chi connectivity index (χ3n) is 6.47. The summed E-state index contributed by atoms with van der Waals surface area (Å²) in [6, 6.07) is 40.3. The van der Waals surface area contributed by atoms with E-state index in [0.717, 1.165) is 16.3 Å². The van der Waals surface area contributed by atoms with Crippen molar-refractivity contribution in [2.24, 2.45) is 0 Å². The molecular formula is C36H28FN3O3S. The minimum atomic E-state index is -0.630. The summed E-state index contributed by atoms with van der Waals surface area (Å²) in [6.45, 7) is 0. The first kappa shape index (κ1) is 30.0. The number of carbonyl (C=O) groups excluding carboxylic acids is 3. The molecule has 0 spiro atoms. The van der Waals surface area contributed by atoms with Gasteiger partial charge in [-0.15, -0.1) is 11.8 Å². The Hall–Kier alpha value is -5.47. The Morgan fingerprint density at radius 3 is 1.93 bits per heavy atom. The van der Waals surface area contributed by atoms with Crippen molar-refractivity contribution in [3.05, 3.63) is 162 Å². The van der Waals surface area contributed by atoms with E-state index in [9.17, 15) is 18.8 Å². The summed E-state index contributed by atoms with van der Waals surface area (Å²) in [5.74, 6) is -1.63. The van der Waals surface area contributed by atoms with Crippen LogP contribution in [-0.2, 0) is 9.59 Å². The number of anilines is 3. The monoisotopic (exact) mass is 601 g/mol. The highest BCUT2D eigenvalue weighted by Gasteiger charge is 2.19. The fourth-order valence-electron chi connectivity index (χ4n) is 4.35. The zero-order valence-electron chi connectivity index (χ0n) is 23.5. The molecule has 0 aliphatic rings. The molecule has 0 bridgehead atoms. The first-order valence-corrected chi connectivity index (χ1v) is 14.8. The minimum Gasteiger partial charge on any atom is -0.321 e. The first-order chi connectivity index (χ1) is 21.5. The van der Waals surface area contributed by atoms with E-state index in [1.165, 1.54) is 30.0 Å². The van der Waals surface area contributed by atoms with Crippen LogP contribution in [0.3, 0.4) is 0 Å².